The molecular formula is C14H16ClNO2. The Labute approximate surface area is 111 Å². The van der Waals surface area contributed by atoms with Gasteiger partial charge in [-0.05, 0) is 43.0 Å². The normalized spacial score (nSPS) is 21.6. The lowest BCUT2D eigenvalue weighted by Gasteiger charge is -2.12. The molecule has 3 nitrogen and oxygen atoms in total. The van der Waals surface area contributed by atoms with Crippen molar-refractivity contribution in [2.45, 2.75) is 18.9 Å². The molecule has 1 aliphatic rings. The van der Waals surface area contributed by atoms with Crippen molar-refractivity contribution >= 4 is 22.6 Å². The number of fused-ring (bicyclic) bond motifs is 1. The highest BCUT2D eigenvalue weighted by atomic mass is 35.5. The first-order valence-electron chi connectivity index (χ1n) is 6.24. The number of furan rings is 1. The van der Waals surface area contributed by atoms with E-state index in [0.29, 0.717) is 10.9 Å². The molecule has 1 saturated heterocycles. The molecule has 3 rings (SSSR count). The van der Waals surface area contributed by atoms with Gasteiger partial charge in [0.2, 0.25) is 0 Å². The number of hydrogen-bond donors (Lipinski definition) is 1. The molecule has 0 radical (unpaired) electrons. The summed E-state index contributed by atoms with van der Waals surface area (Å²) < 4.78 is 11.1. The molecule has 1 aromatic heterocycles. The molecule has 0 amide bonds. The number of benzene rings is 1. The van der Waals surface area contributed by atoms with Crippen molar-refractivity contribution in [3.8, 4) is 0 Å². The van der Waals surface area contributed by atoms with Crippen molar-refractivity contribution in [3.05, 3.63) is 35.0 Å². The minimum atomic E-state index is -0.0668. The molecule has 0 bridgehead atoms. The van der Waals surface area contributed by atoms with Crippen LogP contribution < -0.4 is 5.73 Å². The van der Waals surface area contributed by atoms with Gasteiger partial charge in [-0.25, -0.2) is 0 Å². The van der Waals surface area contributed by atoms with Crippen LogP contribution in [-0.4, -0.2) is 13.2 Å². The van der Waals surface area contributed by atoms with Crippen molar-refractivity contribution in [2.24, 2.45) is 11.7 Å². The quantitative estimate of drug-likeness (QED) is 0.924. The number of halogens is 1. The predicted molar refractivity (Wildman–Crippen MR) is 71.7 cm³/mol. The molecule has 96 valence electrons. The Morgan fingerprint density at radius 3 is 3.06 bits per heavy atom. The SMILES string of the molecule is NC(CC1CCOC1)c1cc2cc(Cl)ccc2o1. The third-order valence-corrected chi connectivity index (χ3v) is 3.71. The maximum atomic E-state index is 6.19. The van der Waals surface area contributed by atoms with Gasteiger partial charge in [-0.1, -0.05) is 11.6 Å². The van der Waals surface area contributed by atoms with E-state index in [2.05, 4.69) is 0 Å². The Kier molecular flexibility index (Phi) is 3.29. The lowest BCUT2D eigenvalue weighted by Crippen LogP contribution is -2.14. The summed E-state index contributed by atoms with van der Waals surface area (Å²) in [6, 6.07) is 7.53. The second-order valence-corrected chi connectivity index (χ2v) is 5.34. The molecule has 1 aliphatic heterocycles. The zero-order valence-corrected chi connectivity index (χ0v) is 10.8. The van der Waals surface area contributed by atoms with Crippen molar-refractivity contribution in [1.29, 1.82) is 0 Å². The van der Waals surface area contributed by atoms with E-state index in [1.165, 1.54) is 0 Å². The number of nitrogens with two attached hydrogens (primary N) is 1. The van der Waals surface area contributed by atoms with Crippen molar-refractivity contribution in [2.75, 3.05) is 13.2 Å². The highest BCUT2D eigenvalue weighted by Crippen LogP contribution is 2.30. The molecule has 1 aromatic carbocycles. The fourth-order valence-corrected chi connectivity index (χ4v) is 2.64. The van der Waals surface area contributed by atoms with Gasteiger partial charge in [0.05, 0.1) is 6.04 Å². The van der Waals surface area contributed by atoms with Gasteiger partial charge in [-0.3, -0.25) is 0 Å². The van der Waals surface area contributed by atoms with Crippen LogP contribution in [0.1, 0.15) is 24.6 Å². The first-order chi connectivity index (χ1) is 8.72. The zero-order chi connectivity index (χ0) is 12.5. The van der Waals surface area contributed by atoms with E-state index in [4.69, 9.17) is 26.5 Å². The van der Waals surface area contributed by atoms with Crippen molar-refractivity contribution < 1.29 is 9.15 Å². The van der Waals surface area contributed by atoms with Crippen LogP contribution in [0, 0.1) is 5.92 Å². The average molecular weight is 266 g/mol. The second-order valence-electron chi connectivity index (χ2n) is 4.90. The fourth-order valence-electron chi connectivity index (χ4n) is 2.46. The standard InChI is InChI=1S/C14H16ClNO2/c15-11-1-2-13-10(6-11)7-14(18-13)12(16)5-9-3-4-17-8-9/h1-2,6-7,9,12H,3-5,8,16H2. The summed E-state index contributed by atoms with van der Waals surface area (Å²) in [7, 11) is 0. The third kappa shape index (κ3) is 2.39. The van der Waals surface area contributed by atoms with Gasteiger partial charge in [0.15, 0.2) is 0 Å². The minimum absolute atomic E-state index is 0.0668. The number of rotatable bonds is 3. The third-order valence-electron chi connectivity index (χ3n) is 3.47. The predicted octanol–water partition coefficient (Wildman–Crippen LogP) is 3.51. The summed E-state index contributed by atoms with van der Waals surface area (Å²) in [6.45, 7) is 1.67. The molecule has 0 spiro atoms. The summed E-state index contributed by atoms with van der Waals surface area (Å²) in [5.74, 6) is 1.39. The lowest BCUT2D eigenvalue weighted by molar-refractivity contribution is 0.182. The Bertz CT molecular complexity index is 546. The highest BCUT2D eigenvalue weighted by Gasteiger charge is 2.21. The van der Waals surface area contributed by atoms with Crippen LogP contribution >= 0.6 is 11.6 Å². The highest BCUT2D eigenvalue weighted by molar-refractivity contribution is 6.31. The smallest absolute Gasteiger partial charge is 0.134 e. The van der Waals surface area contributed by atoms with Crippen LogP contribution in [0.25, 0.3) is 11.0 Å². The first-order valence-corrected chi connectivity index (χ1v) is 6.62. The van der Waals surface area contributed by atoms with Crippen molar-refractivity contribution in [1.82, 2.24) is 0 Å². The van der Waals surface area contributed by atoms with E-state index >= 15 is 0 Å². The van der Waals surface area contributed by atoms with E-state index in [1.54, 1.807) is 0 Å². The first kappa shape index (κ1) is 12.0. The molecule has 2 unspecified atom stereocenters. The summed E-state index contributed by atoms with van der Waals surface area (Å²) in [6.07, 6.45) is 2.01. The zero-order valence-electron chi connectivity index (χ0n) is 10.1. The monoisotopic (exact) mass is 265 g/mol. The number of hydrogen-bond acceptors (Lipinski definition) is 3. The van der Waals surface area contributed by atoms with E-state index in [0.717, 1.165) is 42.8 Å². The molecule has 2 heterocycles. The Balaban J connectivity index is 1.80. The van der Waals surface area contributed by atoms with Gasteiger partial charge < -0.3 is 14.9 Å². The largest absolute Gasteiger partial charge is 0.459 e. The average Bonchev–Trinajstić information content (AvgIpc) is 2.96. The molecule has 18 heavy (non-hydrogen) atoms. The summed E-state index contributed by atoms with van der Waals surface area (Å²) in [4.78, 5) is 0. The van der Waals surface area contributed by atoms with E-state index < -0.39 is 0 Å². The van der Waals surface area contributed by atoms with Gasteiger partial charge in [-0.15, -0.1) is 0 Å². The summed E-state index contributed by atoms with van der Waals surface area (Å²) in [5.41, 5.74) is 7.03. The van der Waals surface area contributed by atoms with Crippen LogP contribution in [0.2, 0.25) is 5.02 Å². The van der Waals surface area contributed by atoms with Gasteiger partial charge in [0, 0.05) is 23.6 Å². The topological polar surface area (TPSA) is 48.4 Å². The Morgan fingerprint density at radius 2 is 2.28 bits per heavy atom. The van der Waals surface area contributed by atoms with E-state index in [1.807, 2.05) is 24.3 Å². The van der Waals surface area contributed by atoms with Gasteiger partial charge >= 0.3 is 0 Å². The second kappa shape index (κ2) is 4.92. The number of ether oxygens (including phenoxy) is 1. The Morgan fingerprint density at radius 1 is 1.39 bits per heavy atom. The molecule has 2 aromatic rings. The molecule has 2 atom stereocenters. The van der Waals surface area contributed by atoms with Gasteiger partial charge in [-0.2, -0.15) is 0 Å². The molecule has 0 saturated carbocycles. The van der Waals surface area contributed by atoms with Crippen LogP contribution in [0.3, 0.4) is 0 Å². The van der Waals surface area contributed by atoms with Crippen LogP contribution in [-0.2, 0) is 4.74 Å². The molecule has 1 fully saturated rings. The van der Waals surface area contributed by atoms with Gasteiger partial charge in [0.1, 0.15) is 11.3 Å². The maximum absolute atomic E-state index is 6.19. The maximum Gasteiger partial charge on any atom is 0.134 e. The minimum Gasteiger partial charge on any atom is -0.459 e. The van der Waals surface area contributed by atoms with Crippen LogP contribution in [0.5, 0.6) is 0 Å². The molecule has 4 heteroatoms. The molecular weight excluding hydrogens is 250 g/mol. The lowest BCUT2D eigenvalue weighted by atomic mass is 9.98. The van der Waals surface area contributed by atoms with E-state index in [9.17, 15) is 0 Å². The van der Waals surface area contributed by atoms with Crippen LogP contribution in [0.15, 0.2) is 28.7 Å². The summed E-state index contributed by atoms with van der Waals surface area (Å²) in [5, 5.41) is 1.73. The summed E-state index contributed by atoms with van der Waals surface area (Å²) >= 11 is 5.96. The van der Waals surface area contributed by atoms with Crippen molar-refractivity contribution in [3.63, 3.8) is 0 Å². The Hall–Kier alpha value is -1.03. The fraction of sp³-hybridized carbons (Fsp3) is 0.429. The molecule has 0 aliphatic carbocycles. The van der Waals surface area contributed by atoms with Crippen LogP contribution in [0.4, 0.5) is 0 Å². The van der Waals surface area contributed by atoms with E-state index in [-0.39, 0.29) is 6.04 Å². The molecule has 2 N–H and O–H groups in total. The van der Waals surface area contributed by atoms with Gasteiger partial charge in [0.25, 0.3) is 0 Å².